The first kappa shape index (κ1) is 18.7. The molecule has 0 bridgehead atoms. The number of hydrogen-bond donors (Lipinski definition) is 0. The van der Waals surface area contributed by atoms with Gasteiger partial charge < -0.3 is 9.80 Å². The maximum Gasteiger partial charge on any atom is 0.226 e. The van der Waals surface area contributed by atoms with Gasteiger partial charge in [0, 0.05) is 44.1 Å². The number of nitrogens with zero attached hydrogens (tertiary/aromatic N) is 3. The monoisotopic (exact) mass is 377 g/mol. The molecule has 2 aromatic rings. The predicted molar refractivity (Wildman–Crippen MR) is 107 cm³/mol. The van der Waals surface area contributed by atoms with Crippen LogP contribution in [0.1, 0.15) is 30.5 Å². The van der Waals surface area contributed by atoms with E-state index < -0.39 is 0 Å². The third kappa shape index (κ3) is 3.93. The van der Waals surface area contributed by atoms with Crippen LogP contribution in [0.3, 0.4) is 0 Å². The summed E-state index contributed by atoms with van der Waals surface area (Å²) in [6, 6.07) is 15.9. The molecule has 2 fully saturated rings. The van der Waals surface area contributed by atoms with Crippen LogP contribution in [-0.2, 0) is 22.6 Å². The topological polar surface area (TPSA) is 53.5 Å². The van der Waals surface area contributed by atoms with Gasteiger partial charge in [0.1, 0.15) is 0 Å². The van der Waals surface area contributed by atoms with Gasteiger partial charge in [0.25, 0.3) is 0 Å². The summed E-state index contributed by atoms with van der Waals surface area (Å²) in [5.41, 5.74) is 2.11. The number of benzene rings is 1. The van der Waals surface area contributed by atoms with Gasteiger partial charge in [0.05, 0.1) is 12.2 Å². The van der Waals surface area contributed by atoms with Crippen LogP contribution < -0.4 is 0 Å². The van der Waals surface area contributed by atoms with Crippen molar-refractivity contribution in [2.45, 2.75) is 32.2 Å². The number of aromatic nitrogens is 1. The van der Waals surface area contributed by atoms with Crippen molar-refractivity contribution in [3.05, 3.63) is 66.0 Å². The Morgan fingerprint density at radius 2 is 1.96 bits per heavy atom. The lowest BCUT2D eigenvalue weighted by Gasteiger charge is -2.19. The Morgan fingerprint density at radius 1 is 1.18 bits per heavy atom. The molecule has 0 N–H and O–H groups in total. The minimum absolute atomic E-state index is 0.0118. The zero-order valence-electron chi connectivity index (χ0n) is 16.4. The quantitative estimate of drug-likeness (QED) is 0.778. The van der Waals surface area contributed by atoms with E-state index in [-0.39, 0.29) is 23.1 Å². The molecule has 2 unspecified atom stereocenters. The zero-order valence-corrected chi connectivity index (χ0v) is 16.4. The number of hydrogen-bond acceptors (Lipinski definition) is 3. The molecule has 2 aliphatic rings. The molecular formula is C23H27N3O2. The first-order valence-corrected chi connectivity index (χ1v) is 10.0. The Kier molecular flexibility index (Phi) is 5.16. The molecule has 4 rings (SSSR count). The summed E-state index contributed by atoms with van der Waals surface area (Å²) in [4.78, 5) is 33.5. The van der Waals surface area contributed by atoms with Gasteiger partial charge in [0.2, 0.25) is 11.8 Å². The van der Waals surface area contributed by atoms with Crippen molar-refractivity contribution in [3.8, 4) is 0 Å². The summed E-state index contributed by atoms with van der Waals surface area (Å²) in [7, 11) is 1.85. The van der Waals surface area contributed by atoms with Crippen LogP contribution in [0, 0.1) is 11.3 Å². The average molecular weight is 377 g/mol. The SMILES string of the molecule is CN(Cc1ccccn1)C(=O)C1CC12CCN(C(=O)CCc1ccccc1)C2. The first-order valence-electron chi connectivity index (χ1n) is 10.0. The molecule has 2 atom stereocenters. The predicted octanol–water partition coefficient (Wildman–Crippen LogP) is 2.91. The minimum atomic E-state index is 0.0118. The average Bonchev–Trinajstić information content (AvgIpc) is 3.26. The summed E-state index contributed by atoms with van der Waals surface area (Å²) in [6.07, 6.45) is 4.91. The number of carbonyl (C=O) groups excluding carboxylic acids is 2. The lowest BCUT2D eigenvalue weighted by atomic mass is 10.0. The van der Waals surface area contributed by atoms with E-state index in [4.69, 9.17) is 0 Å². The van der Waals surface area contributed by atoms with Crippen molar-refractivity contribution in [2.75, 3.05) is 20.1 Å². The van der Waals surface area contributed by atoms with Gasteiger partial charge in [0.15, 0.2) is 0 Å². The molecule has 2 amide bonds. The fourth-order valence-electron chi connectivity index (χ4n) is 4.39. The summed E-state index contributed by atoms with van der Waals surface area (Å²) in [5, 5.41) is 0. The molecule has 1 aliphatic carbocycles. The summed E-state index contributed by atoms with van der Waals surface area (Å²) >= 11 is 0. The number of aryl methyl sites for hydroxylation is 1. The summed E-state index contributed by atoms with van der Waals surface area (Å²) in [5.74, 6) is 0.443. The van der Waals surface area contributed by atoms with E-state index in [1.54, 1.807) is 11.1 Å². The molecule has 1 saturated heterocycles. The Labute approximate surface area is 166 Å². The van der Waals surface area contributed by atoms with E-state index in [0.29, 0.717) is 13.0 Å². The lowest BCUT2D eigenvalue weighted by molar-refractivity contribution is -0.133. The molecule has 5 heteroatoms. The highest BCUT2D eigenvalue weighted by atomic mass is 16.2. The van der Waals surface area contributed by atoms with Crippen LogP contribution in [0.2, 0.25) is 0 Å². The first-order chi connectivity index (χ1) is 13.6. The van der Waals surface area contributed by atoms with Crippen molar-refractivity contribution in [3.63, 3.8) is 0 Å². The Hall–Kier alpha value is -2.69. The molecule has 146 valence electrons. The third-order valence-electron chi connectivity index (χ3n) is 6.20. The van der Waals surface area contributed by atoms with E-state index in [9.17, 15) is 9.59 Å². The van der Waals surface area contributed by atoms with Gasteiger partial charge in [-0.2, -0.15) is 0 Å². The third-order valence-corrected chi connectivity index (χ3v) is 6.20. The van der Waals surface area contributed by atoms with Gasteiger partial charge in [-0.05, 0) is 37.0 Å². The molecule has 1 spiro atoms. The highest BCUT2D eigenvalue weighted by Crippen LogP contribution is 2.59. The normalized spacial score (nSPS) is 23.0. The van der Waals surface area contributed by atoms with Crippen LogP contribution in [0.5, 0.6) is 0 Å². The minimum Gasteiger partial charge on any atom is -0.342 e. The molecule has 1 saturated carbocycles. The molecule has 1 aromatic carbocycles. The molecule has 28 heavy (non-hydrogen) atoms. The van der Waals surface area contributed by atoms with Gasteiger partial charge in [-0.15, -0.1) is 0 Å². The number of carbonyl (C=O) groups is 2. The van der Waals surface area contributed by atoms with Gasteiger partial charge in [-0.25, -0.2) is 0 Å². The van der Waals surface area contributed by atoms with E-state index in [1.807, 2.05) is 48.3 Å². The van der Waals surface area contributed by atoms with Crippen LogP contribution in [0.4, 0.5) is 0 Å². The Bertz CT molecular complexity index is 839. The van der Waals surface area contributed by atoms with Crippen molar-refractivity contribution >= 4 is 11.8 Å². The number of likely N-dealkylation sites (tertiary alicyclic amines) is 1. The maximum atomic E-state index is 12.9. The Balaban J connectivity index is 1.28. The second kappa shape index (κ2) is 7.74. The second-order valence-corrected chi connectivity index (χ2v) is 8.19. The van der Waals surface area contributed by atoms with Crippen LogP contribution in [0.25, 0.3) is 0 Å². The number of rotatable bonds is 6. The van der Waals surface area contributed by atoms with Crippen LogP contribution in [0.15, 0.2) is 54.7 Å². The van der Waals surface area contributed by atoms with Crippen LogP contribution in [-0.4, -0.2) is 46.7 Å². The standard InChI is InChI=1S/C23H27N3O2/c1-25(16-19-9-5-6-13-24-19)22(28)20-15-23(20)12-14-26(17-23)21(27)11-10-18-7-3-2-4-8-18/h2-9,13,20H,10-12,14-17H2,1H3. The van der Waals surface area contributed by atoms with Gasteiger partial charge in [-0.3, -0.25) is 14.6 Å². The van der Waals surface area contributed by atoms with E-state index >= 15 is 0 Å². The van der Waals surface area contributed by atoms with Gasteiger partial charge >= 0.3 is 0 Å². The fourth-order valence-corrected chi connectivity index (χ4v) is 4.39. The fraction of sp³-hybridized carbons (Fsp3) is 0.435. The molecule has 1 aliphatic heterocycles. The maximum absolute atomic E-state index is 12.9. The summed E-state index contributed by atoms with van der Waals surface area (Å²) < 4.78 is 0. The van der Waals surface area contributed by atoms with E-state index in [1.165, 1.54) is 5.56 Å². The molecule has 5 nitrogen and oxygen atoms in total. The van der Waals surface area contributed by atoms with Crippen molar-refractivity contribution in [2.24, 2.45) is 11.3 Å². The number of amides is 2. The highest BCUT2D eigenvalue weighted by Gasteiger charge is 2.61. The largest absolute Gasteiger partial charge is 0.342 e. The lowest BCUT2D eigenvalue weighted by Crippen LogP contribution is -2.32. The summed E-state index contributed by atoms with van der Waals surface area (Å²) in [6.45, 7) is 2.04. The smallest absolute Gasteiger partial charge is 0.226 e. The molecular weight excluding hydrogens is 350 g/mol. The zero-order chi connectivity index (χ0) is 19.6. The Morgan fingerprint density at radius 3 is 2.71 bits per heavy atom. The molecule has 0 radical (unpaired) electrons. The van der Waals surface area contributed by atoms with Gasteiger partial charge in [-0.1, -0.05) is 36.4 Å². The van der Waals surface area contributed by atoms with E-state index in [0.717, 1.165) is 38.0 Å². The van der Waals surface area contributed by atoms with Crippen molar-refractivity contribution in [1.82, 2.24) is 14.8 Å². The van der Waals surface area contributed by atoms with E-state index in [2.05, 4.69) is 17.1 Å². The van der Waals surface area contributed by atoms with Crippen LogP contribution >= 0.6 is 0 Å². The van der Waals surface area contributed by atoms with Crippen molar-refractivity contribution < 1.29 is 9.59 Å². The highest BCUT2D eigenvalue weighted by molar-refractivity contribution is 5.83. The number of pyridine rings is 1. The second-order valence-electron chi connectivity index (χ2n) is 8.19. The molecule has 2 heterocycles. The molecule has 1 aromatic heterocycles. The van der Waals surface area contributed by atoms with Crippen molar-refractivity contribution in [1.29, 1.82) is 0 Å².